The van der Waals surface area contributed by atoms with E-state index in [1.807, 2.05) is 19.2 Å². The number of pyridine rings is 1. The minimum absolute atomic E-state index is 0.459. The SMILES string of the molecule is Cc1cnc(NCC(C)c2ccccc2)c(Br)c1. The first kappa shape index (κ1) is 13.1. The predicted molar refractivity (Wildman–Crippen MR) is 80.0 cm³/mol. The van der Waals surface area contributed by atoms with Crippen LogP contribution >= 0.6 is 15.9 Å². The molecule has 94 valence electrons. The van der Waals surface area contributed by atoms with E-state index in [9.17, 15) is 0 Å². The monoisotopic (exact) mass is 304 g/mol. The summed E-state index contributed by atoms with van der Waals surface area (Å²) in [7, 11) is 0. The van der Waals surface area contributed by atoms with E-state index in [2.05, 4.69) is 63.5 Å². The van der Waals surface area contributed by atoms with Crippen molar-refractivity contribution in [3.8, 4) is 0 Å². The van der Waals surface area contributed by atoms with E-state index in [0.29, 0.717) is 5.92 Å². The molecule has 18 heavy (non-hydrogen) atoms. The maximum atomic E-state index is 4.39. The quantitative estimate of drug-likeness (QED) is 0.907. The lowest BCUT2D eigenvalue weighted by Gasteiger charge is -2.14. The normalized spacial score (nSPS) is 12.2. The Morgan fingerprint density at radius 2 is 2.00 bits per heavy atom. The van der Waals surface area contributed by atoms with Crippen LogP contribution in [-0.4, -0.2) is 11.5 Å². The predicted octanol–water partition coefficient (Wildman–Crippen LogP) is 4.37. The second-order valence-electron chi connectivity index (χ2n) is 4.54. The van der Waals surface area contributed by atoms with Crippen molar-refractivity contribution in [3.63, 3.8) is 0 Å². The lowest BCUT2D eigenvalue weighted by Crippen LogP contribution is -2.11. The molecule has 1 atom stereocenters. The average molecular weight is 305 g/mol. The van der Waals surface area contributed by atoms with Crippen LogP contribution in [0.5, 0.6) is 0 Å². The highest BCUT2D eigenvalue weighted by Gasteiger charge is 2.06. The van der Waals surface area contributed by atoms with Crippen LogP contribution in [0.15, 0.2) is 47.1 Å². The lowest BCUT2D eigenvalue weighted by atomic mass is 10.0. The van der Waals surface area contributed by atoms with Crippen molar-refractivity contribution in [1.82, 2.24) is 4.98 Å². The van der Waals surface area contributed by atoms with Crippen molar-refractivity contribution in [3.05, 3.63) is 58.2 Å². The van der Waals surface area contributed by atoms with Crippen molar-refractivity contribution in [2.24, 2.45) is 0 Å². The number of halogens is 1. The van der Waals surface area contributed by atoms with Crippen molar-refractivity contribution in [1.29, 1.82) is 0 Å². The zero-order valence-electron chi connectivity index (χ0n) is 10.7. The van der Waals surface area contributed by atoms with Crippen LogP contribution < -0.4 is 5.32 Å². The number of nitrogens with one attached hydrogen (secondary N) is 1. The van der Waals surface area contributed by atoms with Crippen LogP contribution in [0.4, 0.5) is 5.82 Å². The fourth-order valence-electron chi connectivity index (χ4n) is 1.81. The van der Waals surface area contributed by atoms with E-state index in [1.165, 1.54) is 5.56 Å². The smallest absolute Gasteiger partial charge is 0.140 e. The minimum atomic E-state index is 0.459. The minimum Gasteiger partial charge on any atom is -0.369 e. The molecule has 0 aliphatic heterocycles. The second kappa shape index (κ2) is 6.01. The van der Waals surface area contributed by atoms with Gasteiger partial charge >= 0.3 is 0 Å². The molecule has 2 aromatic rings. The first-order valence-electron chi connectivity index (χ1n) is 6.08. The van der Waals surface area contributed by atoms with E-state index in [-0.39, 0.29) is 0 Å². The molecule has 1 heterocycles. The Balaban J connectivity index is 1.99. The van der Waals surface area contributed by atoms with Gasteiger partial charge in [-0.15, -0.1) is 0 Å². The number of anilines is 1. The van der Waals surface area contributed by atoms with E-state index in [0.717, 1.165) is 22.4 Å². The summed E-state index contributed by atoms with van der Waals surface area (Å²) in [5, 5.41) is 3.38. The third-order valence-electron chi connectivity index (χ3n) is 2.92. The second-order valence-corrected chi connectivity index (χ2v) is 5.39. The topological polar surface area (TPSA) is 24.9 Å². The molecule has 0 aliphatic rings. The Labute approximate surface area is 117 Å². The van der Waals surface area contributed by atoms with E-state index >= 15 is 0 Å². The number of hydrogen-bond donors (Lipinski definition) is 1. The Bertz CT molecular complexity index is 511. The van der Waals surface area contributed by atoms with Gasteiger partial charge in [-0.05, 0) is 46.0 Å². The molecule has 0 bridgehead atoms. The lowest BCUT2D eigenvalue weighted by molar-refractivity contribution is 0.801. The van der Waals surface area contributed by atoms with Gasteiger partial charge in [-0.25, -0.2) is 4.98 Å². The third kappa shape index (κ3) is 3.33. The van der Waals surface area contributed by atoms with Crippen LogP contribution in [0.1, 0.15) is 24.0 Å². The van der Waals surface area contributed by atoms with Crippen LogP contribution in [0.2, 0.25) is 0 Å². The van der Waals surface area contributed by atoms with Gasteiger partial charge in [-0.1, -0.05) is 37.3 Å². The molecule has 0 spiro atoms. The summed E-state index contributed by atoms with van der Waals surface area (Å²) in [6.45, 7) is 5.12. The Hall–Kier alpha value is -1.35. The molecule has 0 fully saturated rings. The number of hydrogen-bond acceptors (Lipinski definition) is 2. The molecule has 0 aliphatic carbocycles. The van der Waals surface area contributed by atoms with Crippen molar-refractivity contribution in [2.45, 2.75) is 19.8 Å². The maximum absolute atomic E-state index is 4.39. The standard InChI is InChI=1S/C15H17BrN2/c1-11-8-14(16)15(17-9-11)18-10-12(2)13-6-4-3-5-7-13/h3-9,12H,10H2,1-2H3,(H,17,18). The van der Waals surface area contributed by atoms with Gasteiger partial charge in [0.05, 0.1) is 4.47 Å². The van der Waals surface area contributed by atoms with Gasteiger partial charge in [0.25, 0.3) is 0 Å². The molecule has 0 saturated heterocycles. The average Bonchev–Trinajstić information content (AvgIpc) is 2.38. The number of benzene rings is 1. The number of rotatable bonds is 4. The molecule has 0 radical (unpaired) electrons. The highest BCUT2D eigenvalue weighted by molar-refractivity contribution is 9.10. The summed E-state index contributed by atoms with van der Waals surface area (Å²) in [5.41, 5.74) is 2.50. The van der Waals surface area contributed by atoms with Gasteiger partial charge in [-0.3, -0.25) is 0 Å². The number of nitrogens with zero attached hydrogens (tertiary/aromatic N) is 1. The zero-order valence-corrected chi connectivity index (χ0v) is 12.2. The van der Waals surface area contributed by atoms with Crippen LogP contribution in [-0.2, 0) is 0 Å². The molecule has 1 unspecified atom stereocenters. The summed E-state index contributed by atoms with van der Waals surface area (Å²) in [4.78, 5) is 4.39. The first-order valence-corrected chi connectivity index (χ1v) is 6.87. The highest BCUT2D eigenvalue weighted by Crippen LogP contribution is 2.22. The number of aryl methyl sites for hydroxylation is 1. The van der Waals surface area contributed by atoms with Gasteiger partial charge in [0.15, 0.2) is 0 Å². The molecule has 2 rings (SSSR count). The van der Waals surface area contributed by atoms with Crippen LogP contribution in [0, 0.1) is 6.92 Å². The Morgan fingerprint density at radius 3 is 2.67 bits per heavy atom. The van der Waals surface area contributed by atoms with Gasteiger partial charge in [0.2, 0.25) is 0 Å². The van der Waals surface area contributed by atoms with Gasteiger partial charge in [-0.2, -0.15) is 0 Å². The third-order valence-corrected chi connectivity index (χ3v) is 3.53. The van der Waals surface area contributed by atoms with Gasteiger partial charge in [0.1, 0.15) is 5.82 Å². The van der Waals surface area contributed by atoms with E-state index < -0.39 is 0 Å². The number of aromatic nitrogens is 1. The maximum Gasteiger partial charge on any atom is 0.140 e. The van der Waals surface area contributed by atoms with E-state index in [4.69, 9.17) is 0 Å². The zero-order chi connectivity index (χ0) is 13.0. The molecule has 1 aromatic heterocycles. The summed E-state index contributed by atoms with van der Waals surface area (Å²) < 4.78 is 1.02. The van der Waals surface area contributed by atoms with Crippen molar-refractivity contribution in [2.75, 3.05) is 11.9 Å². The van der Waals surface area contributed by atoms with Crippen LogP contribution in [0.3, 0.4) is 0 Å². The Morgan fingerprint density at radius 1 is 1.28 bits per heavy atom. The Kier molecular flexibility index (Phi) is 4.37. The summed E-state index contributed by atoms with van der Waals surface area (Å²) in [6, 6.07) is 12.6. The molecule has 0 amide bonds. The molecular formula is C15H17BrN2. The summed E-state index contributed by atoms with van der Waals surface area (Å²) in [6.07, 6.45) is 1.88. The van der Waals surface area contributed by atoms with Gasteiger partial charge in [0, 0.05) is 12.7 Å². The molecule has 0 saturated carbocycles. The molecule has 1 N–H and O–H groups in total. The fraction of sp³-hybridized carbons (Fsp3) is 0.267. The van der Waals surface area contributed by atoms with E-state index in [1.54, 1.807) is 0 Å². The summed E-state index contributed by atoms with van der Waals surface area (Å²) in [5.74, 6) is 1.37. The molecule has 2 nitrogen and oxygen atoms in total. The van der Waals surface area contributed by atoms with Crippen molar-refractivity contribution >= 4 is 21.7 Å². The highest BCUT2D eigenvalue weighted by atomic mass is 79.9. The summed E-state index contributed by atoms with van der Waals surface area (Å²) >= 11 is 3.53. The first-order chi connectivity index (χ1) is 8.66. The van der Waals surface area contributed by atoms with Crippen molar-refractivity contribution < 1.29 is 0 Å². The largest absolute Gasteiger partial charge is 0.369 e. The molecule has 1 aromatic carbocycles. The van der Waals surface area contributed by atoms with Gasteiger partial charge < -0.3 is 5.32 Å². The van der Waals surface area contributed by atoms with Crippen LogP contribution in [0.25, 0.3) is 0 Å². The molecule has 3 heteroatoms. The molecular weight excluding hydrogens is 288 g/mol. The fourth-order valence-corrected chi connectivity index (χ4v) is 2.42.